The highest BCUT2D eigenvalue weighted by Gasteiger charge is 2.19. The molecule has 12 heteroatoms. The number of nitro benzene ring substituents is 1. The number of nitrogens with zero attached hydrogens (tertiary/aromatic N) is 2. The number of nitro groups is 1. The minimum atomic E-state index is -0.868. The van der Waals surface area contributed by atoms with Gasteiger partial charge in [-0.1, -0.05) is 29.3 Å². The van der Waals surface area contributed by atoms with Gasteiger partial charge in [0.05, 0.1) is 40.4 Å². The number of nitrogens with one attached hydrogen (secondary N) is 1. The molecule has 0 aliphatic carbocycles. The highest BCUT2D eigenvalue weighted by molar-refractivity contribution is 6.40. The van der Waals surface area contributed by atoms with E-state index in [1.165, 1.54) is 44.6 Å². The minimum absolute atomic E-state index is 0.0521. The number of amides is 1. The molecule has 0 heterocycles. The molecule has 0 spiro atoms. The van der Waals surface area contributed by atoms with Crippen molar-refractivity contribution in [3.05, 3.63) is 91.5 Å². The molecule has 0 aliphatic rings. The molecular weight excluding hydrogens is 525 g/mol. The fourth-order valence-corrected chi connectivity index (χ4v) is 3.60. The second-order valence-electron chi connectivity index (χ2n) is 7.19. The molecule has 0 fully saturated rings. The third kappa shape index (κ3) is 6.55. The molecule has 0 radical (unpaired) electrons. The van der Waals surface area contributed by atoms with Crippen molar-refractivity contribution >= 4 is 52.5 Å². The molecule has 0 saturated heterocycles. The standard InChI is InChI=1S/C25H17Cl2N3O7/c1-35-18-6-4-15(5-7-18)25(32)37-22-10-14(3-8-21(22)36-2)9-16(13-28)24(31)29-23-19(26)11-17(30(33)34)12-20(23)27/h3-12H,1-2H3,(H,29,31)/b16-9+. The van der Waals surface area contributed by atoms with Crippen LogP contribution in [0, 0.1) is 21.4 Å². The zero-order chi connectivity index (χ0) is 27.1. The summed E-state index contributed by atoms with van der Waals surface area (Å²) in [7, 11) is 2.89. The second-order valence-corrected chi connectivity index (χ2v) is 8.01. The summed E-state index contributed by atoms with van der Waals surface area (Å²) >= 11 is 12.1. The number of halogens is 2. The topological polar surface area (TPSA) is 141 Å². The smallest absolute Gasteiger partial charge is 0.343 e. The van der Waals surface area contributed by atoms with Crippen LogP contribution in [0.15, 0.2) is 60.2 Å². The van der Waals surface area contributed by atoms with Gasteiger partial charge in [0, 0.05) is 12.1 Å². The SMILES string of the molecule is COc1ccc(C(=O)Oc2cc(/C=C(\C#N)C(=O)Nc3c(Cl)cc([N+](=O)[O-])cc3Cl)ccc2OC)cc1. The Labute approximate surface area is 220 Å². The van der Waals surface area contributed by atoms with Crippen LogP contribution in [0.3, 0.4) is 0 Å². The average molecular weight is 542 g/mol. The molecule has 10 nitrogen and oxygen atoms in total. The van der Waals surface area contributed by atoms with Crippen molar-refractivity contribution in [3.8, 4) is 23.3 Å². The van der Waals surface area contributed by atoms with Crippen LogP contribution in [0.25, 0.3) is 6.08 Å². The second kappa shape index (κ2) is 11.9. The number of hydrogen-bond acceptors (Lipinski definition) is 8. The first-order chi connectivity index (χ1) is 17.7. The van der Waals surface area contributed by atoms with E-state index in [4.69, 9.17) is 37.4 Å². The van der Waals surface area contributed by atoms with Crippen LogP contribution in [0.5, 0.6) is 17.2 Å². The lowest BCUT2D eigenvalue weighted by atomic mass is 10.1. The summed E-state index contributed by atoms with van der Waals surface area (Å²) in [6, 6.07) is 14.5. The Balaban J connectivity index is 1.86. The Hall–Kier alpha value is -4.59. The van der Waals surface area contributed by atoms with E-state index in [9.17, 15) is 25.0 Å². The maximum absolute atomic E-state index is 12.7. The number of anilines is 1. The number of nitriles is 1. The van der Waals surface area contributed by atoms with Crippen LogP contribution in [0.4, 0.5) is 11.4 Å². The van der Waals surface area contributed by atoms with Crippen molar-refractivity contribution in [3.63, 3.8) is 0 Å². The minimum Gasteiger partial charge on any atom is -0.497 e. The predicted molar refractivity (Wildman–Crippen MR) is 136 cm³/mol. The molecule has 0 unspecified atom stereocenters. The molecule has 0 bridgehead atoms. The lowest BCUT2D eigenvalue weighted by Crippen LogP contribution is -2.14. The van der Waals surface area contributed by atoms with E-state index in [-0.39, 0.29) is 44.1 Å². The van der Waals surface area contributed by atoms with Gasteiger partial charge in [0.1, 0.15) is 17.4 Å². The molecule has 0 saturated carbocycles. The van der Waals surface area contributed by atoms with Gasteiger partial charge in [-0.15, -0.1) is 0 Å². The summed E-state index contributed by atoms with van der Waals surface area (Å²) in [4.78, 5) is 35.6. The number of rotatable bonds is 8. The first-order valence-electron chi connectivity index (χ1n) is 10.3. The highest BCUT2D eigenvalue weighted by Crippen LogP contribution is 2.35. The van der Waals surface area contributed by atoms with Crippen molar-refractivity contribution in [1.82, 2.24) is 0 Å². The first-order valence-corrected chi connectivity index (χ1v) is 11.0. The number of carbonyl (C=O) groups is 2. The molecule has 188 valence electrons. The van der Waals surface area contributed by atoms with Gasteiger partial charge in [0.25, 0.3) is 11.6 Å². The van der Waals surface area contributed by atoms with Crippen LogP contribution in [0.2, 0.25) is 10.0 Å². The number of benzene rings is 3. The summed E-state index contributed by atoms with van der Waals surface area (Å²) in [5.74, 6) is -0.668. The van der Waals surface area contributed by atoms with E-state index in [0.29, 0.717) is 11.3 Å². The molecular formula is C25H17Cl2N3O7. The lowest BCUT2D eigenvalue weighted by Gasteiger charge is -2.11. The Morgan fingerprint density at radius 3 is 2.19 bits per heavy atom. The fourth-order valence-electron chi connectivity index (χ4n) is 3.03. The van der Waals surface area contributed by atoms with E-state index in [1.807, 2.05) is 0 Å². The van der Waals surface area contributed by atoms with E-state index >= 15 is 0 Å². The van der Waals surface area contributed by atoms with E-state index in [2.05, 4.69) is 5.32 Å². The first kappa shape index (κ1) is 27.0. The Morgan fingerprint density at radius 1 is 1.00 bits per heavy atom. The zero-order valence-electron chi connectivity index (χ0n) is 19.3. The van der Waals surface area contributed by atoms with Gasteiger partial charge in [-0.05, 0) is 48.0 Å². The van der Waals surface area contributed by atoms with E-state index < -0.39 is 16.8 Å². The zero-order valence-corrected chi connectivity index (χ0v) is 20.8. The Kier molecular flexibility index (Phi) is 8.68. The largest absolute Gasteiger partial charge is 0.497 e. The van der Waals surface area contributed by atoms with Crippen LogP contribution in [-0.4, -0.2) is 31.0 Å². The number of ether oxygens (including phenoxy) is 3. The van der Waals surface area contributed by atoms with Gasteiger partial charge in [0.2, 0.25) is 0 Å². The molecule has 3 aromatic rings. The highest BCUT2D eigenvalue weighted by atomic mass is 35.5. The van der Waals surface area contributed by atoms with Crippen molar-refractivity contribution in [2.24, 2.45) is 0 Å². The lowest BCUT2D eigenvalue weighted by molar-refractivity contribution is -0.384. The third-order valence-corrected chi connectivity index (χ3v) is 5.46. The molecule has 0 aromatic heterocycles. The number of hydrogen-bond donors (Lipinski definition) is 1. The number of carbonyl (C=O) groups excluding carboxylic acids is 2. The fraction of sp³-hybridized carbons (Fsp3) is 0.0800. The molecule has 1 amide bonds. The predicted octanol–water partition coefficient (Wildman–Crippen LogP) is 5.68. The number of non-ortho nitro benzene ring substituents is 1. The maximum atomic E-state index is 12.7. The Bertz CT molecular complexity index is 1420. The maximum Gasteiger partial charge on any atom is 0.343 e. The number of esters is 1. The molecule has 0 aliphatic heterocycles. The van der Waals surface area contributed by atoms with E-state index in [1.54, 1.807) is 24.3 Å². The van der Waals surface area contributed by atoms with Crippen molar-refractivity contribution in [2.45, 2.75) is 0 Å². The van der Waals surface area contributed by atoms with Gasteiger partial charge in [-0.3, -0.25) is 14.9 Å². The quantitative estimate of drug-likeness (QED) is 0.0957. The summed E-state index contributed by atoms with van der Waals surface area (Å²) in [6.45, 7) is 0. The summed E-state index contributed by atoms with van der Waals surface area (Å²) in [6.07, 6.45) is 1.24. The van der Waals surface area contributed by atoms with Gasteiger partial charge in [-0.25, -0.2) is 4.79 Å². The molecule has 0 atom stereocenters. The molecule has 1 N–H and O–H groups in total. The van der Waals surface area contributed by atoms with Crippen LogP contribution in [0.1, 0.15) is 15.9 Å². The van der Waals surface area contributed by atoms with Gasteiger partial charge < -0.3 is 19.5 Å². The van der Waals surface area contributed by atoms with Gasteiger partial charge in [0.15, 0.2) is 11.5 Å². The molecule has 37 heavy (non-hydrogen) atoms. The van der Waals surface area contributed by atoms with Crippen molar-refractivity contribution in [2.75, 3.05) is 19.5 Å². The average Bonchev–Trinajstić information content (AvgIpc) is 2.89. The monoisotopic (exact) mass is 541 g/mol. The normalized spacial score (nSPS) is 10.7. The van der Waals surface area contributed by atoms with Crippen molar-refractivity contribution < 1.29 is 28.7 Å². The van der Waals surface area contributed by atoms with Gasteiger partial charge >= 0.3 is 5.97 Å². The Morgan fingerprint density at radius 2 is 1.65 bits per heavy atom. The number of methoxy groups -OCH3 is 2. The third-order valence-electron chi connectivity index (χ3n) is 4.87. The molecule has 3 rings (SSSR count). The van der Waals surface area contributed by atoms with E-state index in [0.717, 1.165) is 12.1 Å². The summed E-state index contributed by atoms with van der Waals surface area (Å²) in [5, 5.41) is 22.5. The van der Waals surface area contributed by atoms with Crippen LogP contribution in [-0.2, 0) is 4.79 Å². The summed E-state index contributed by atoms with van der Waals surface area (Å²) in [5.41, 5.74) is -0.199. The molecule has 3 aromatic carbocycles. The summed E-state index contributed by atoms with van der Waals surface area (Å²) < 4.78 is 15.8. The van der Waals surface area contributed by atoms with Gasteiger partial charge in [-0.2, -0.15) is 5.26 Å². The van der Waals surface area contributed by atoms with Crippen LogP contribution >= 0.6 is 23.2 Å². The van der Waals surface area contributed by atoms with Crippen molar-refractivity contribution in [1.29, 1.82) is 5.26 Å². The van der Waals surface area contributed by atoms with Crippen LogP contribution < -0.4 is 19.5 Å².